The molecule has 0 bridgehead atoms. The van der Waals surface area contributed by atoms with E-state index in [1.165, 1.54) is 11.8 Å². The number of benzene rings is 3. The van der Waals surface area contributed by atoms with Gasteiger partial charge in [0.1, 0.15) is 10.7 Å². The lowest BCUT2D eigenvalue weighted by Gasteiger charge is -2.08. The first-order chi connectivity index (χ1) is 14.1. The zero-order valence-corrected chi connectivity index (χ0v) is 16.7. The Bertz CT molecular complexity index is 1120. The lowest BCUT2D eigenvalue weighted by atomic mass is 10.1. The molecule has 0 spiro atoms. The molecule has 0 atom stereocenters. The highest BCUT2D eigenvalue weighted by Gasteiger charge is 2.20. The normalized spacial score (nSPS) is 10.7. The minimum Gasteiger partial charge on any atom is -0.382 e. The van der Waals surface area contributed by atoms with Crippen molar-refractivity contribution in [1.82, 2.24) is 9.78 Å². The summed E-state index contributed by atoms with van der Waals surface area (Å²) in [4.78, 5) is 13.8. The minimum atomic E-state index is -0.223. The maximum atomic E-state index is 12.8. The Morgan fingerprint density at radius 2 is 1.55 bits per heavy atom. The number of carbonyl (C=O) groups is 1. The number of nitrogens with two attached hydrogens (primary N) is 1. The number of aromatic nitrogens is 2. The van der Waals surface area contributed by atoms with Gasteiger partial charge in [-0.05, 0) is 43.3 Å². The monoisotopic (exact) mass is 400 g/mol. The number of para-hydroxylation sites is 1. The molecular weight excluding hydrogens is 380 g/mol. The Morgan fingerprint density at radius 3 is 2.21 bits per heavy atom. The van der Waals surface area contributed by atoms with Crippen molar-refractivity contribution >= 4 is 29.2 Å². The molecule has 4 rings (SSSR count). The number of hydrogen-bond donors (Lipinski definition) is 2. The van der Waals surface area contributed by atoms with E-state index in [1.807, 2.05) is 79.7 Å². The number of nitrogens with zero attached hydrogens (tertiary/aromatic N) is 2. The molecule has 0 aliphatic heterocycles. The van der Waals surface area contributed by atoms with E-state index >= 15 is 0 Å². The van der Waals surface area contributed by atoms with E-state index in [0.29, 0.717) is 22.1 Å². The van der Waals surface area contributed by atoms with Gasteiger partial charge in [0.25, 0.3) is 5.91 Å². The first-order valence-electron chi connectivity index (χ1n) is 9.16. The van der Waals surface area contributed by atoms with Gasteiger partial charge in [0.05, 0.1) is 5.69 Å². The molecule has 6 heteroatoms. The molecule has 0 aliphatic rings. The van der Waals surface area contributed by atoms with Crippen molar-refractivity contribution in [2.45, 2.75) is 16.8 Å². The van der Waals surface area contributed by atoms with Crippen LogP contribution in [0.1, 0.15) is 15.9 Å². The molecule has 1 amide bonds. The van der Waals surface area contributed by atoms with Crippen molar-refractivity contribution in [3.05, 3.63) is 96.1 Å². The second kappa shape index (κ2) is 8.24. The van der Waals surface area contributed by atoms with Gasteiger partial charge in [-0.1, -0.05) is 65.9 Å². The molecule has 1 heterocycles. The topological polar surface area (TPSA) is 72.9 Å². The number of nitrogen functional groups attached to an aromatic ring is 1. The van der Waals surface area contributed by atoms with E-state index in [1.54, 1.807) is 16.8 Å². The van der Waals surface area contributed by atoms with Crippen LogP contribution < -0.4 is 11.1 Å². The number of aryl methyl sites for hydroxylation is 1. The standard InChI is InChI=1S/C23H20N4OS/c1-16-12-14-17(15-13-16)22(28)25-20-21(24)27(18-8-4-2-5-9-18)26-23(20)29-19-10-6-3-7-11-19/h2-15H,24H2,1H3,(H,25,28). The highest BCUT2D eigenvalue weighted by atomic mass is 32.2. The van der Waals surface area contributed by atoms with Gasteiger partial charge in [0, 0.05) is 10.5 Å². The summed E-state index contributed by atoms with van der Waals surface area (Å²) >= 11 is 1.46. The number of nitrogens with one attached hydrogen (secondary N) is 1. The van der Waals surface area contributed by atoms with Crippen molar-refractivity contribution in [2.75, 3.05) is 11.1 Å². The first-order valence-corrected chi connectivity index (χ1v) is 9.98. The zero-order chi connectivity index (χ0) is 20.2. The SMILES string of the molecule is Cc1ccc(C(=O)Nc2c(Sc3ccccc3)nn(-c3ccccc3)c2N)cc1. The van der Waals surface area contributed by atoms with Crippen molar-refractivity contribution < 1.29 is 4.79 Å². The smallest absolute Gasteiger partial charge is 0.255 e. The van der Waals surface area contributed by atoms with E-state index < -0.39 is 0 Å². The molecule has 1 aromatic heterocycles. The van der Waals surface area contributed by atoms with Gasteiger partial charge in [0.15, 0.2) is 5.82 Å². The third-order valence-corrected chi connectivity index (χ3v) is 5.39. The fourth-order valence-electron chi connectivity index (χ4n) is 2.86. The molecule has 3 N–H and O–H groups in total. The number of carbonyl (C=O) groups excluding carboxylic acids is 1. The van der Waals surface area contributed by atoms with Crippen LogP contribution in [-0.2, 0) is 0 Å². The molecule has 0 fully saturated rings. The summed E-state index contributed by atoms with van der Waals surface area (Å²) in [5.74, 6) is 0.161. The predicted molar refractivity (Wildman–Crippen MR) is 118 cm³/mol. The highest BCUT2D eigenvalue weighted by molar-refractivity contribution is 7.99. The largest absolute Gasteiger partial charge is 0.382 e. The van der Waals surface area contributed by atoms with Gasteiger partial charge in [-0.15, -0.1) is 0 Å². The number of amides is 1. The maximum Gasteiger partial charge on any atom is 0.255 e. The van der Waals surface area contributed by atoms with Gasteiger partial charge in [-0.2, -0.15) is 5.10 Å². The molecule has 5 nitrogen and oxygen atoms in total. The van der Waals surface area contributed by atoms with Gasteiger partial charge in [-0.25, -0.2) is 4.68 Å². The number of rotatable bonds is 5. The van der Waals surface area contributed by atoms with Gasteiger partial charge >= 0.3 is 0 Å². The van der Waals surface area contributed by atoms with Gasteiger partial charge in [0.2, 0.25) is 0 Å². The van der Waals surface area contributed by atoms with Crippen LogP contribution in [0.15, 0.2) is 94.9 Å². The summed E-state index contributed by atoms with van der Waals surface area (Å²) in [5.41, 5.74) is 9.41. The average Bonchev–Trinajstić information content (AvgIpc) is 3.05. The van der Waals surface area contributed by atoms with Gasteiger partial charge in [-0.3, -0.25) is 4.79 Å². The predicted octanol–water partition coefficient (Wildman–Crippen LogP) is 5.17. The van der Waals surface area contributed by atoms with E-state index in [2.05, 4.69) is 10.4 Å². The Morgan fingerprint density at radius 1 is 0.931 bits per heavy atom. The summed E-state index contributed by atoms with van der Waals surface area (Å²) in [5, 5.41) is 8.27. The summed E-state index contributed by atoms with van der Waals surface area (Å²) in [6.45, 7) is 1.98. The summed E-state index contributed by atoms with van der Waals surface area (Å²) in [6.07, 6.45) is 0. The molecule has 0 unspecified atom stereocenters. The Kier molecular flexibility index (Phi) is 5.35. The third kappa shape index (κ3) is 4.17. The van der Waals surface area contributed by atoms with Crippen LogP contribution in [-0.4, -0.2) is 15.7 Å². The lowest BCUT2D eigenvalue weighted by Crippen LogP contribution is -2.13. The van der Waals surface area contributed by atoms with Crippen LogP contribution in [0.4, 0.5) is 11.5 Å². The molecule has 0 saturated carbocycles. The average molecular weight is 401 g/mol. The van der Waals surface area contributed by atoms with E-state index in [0.717, 1.165) is 16.1 Å². The molecule has 4 aromatic rings. The summed E-state index contributed by atoms with van der Waals surface area (Å²) in [6, 6.07) is 26.9. The molecule has 3 aromatic carbocycles. The fourth-order valence-corrected chi connectivity index (χ4v) is 3.75. The van der Waals surface area contributed by atoms with Crippen LogP contribution in [0.25, 0.3) is 5.69 Å². The Balaban J connectivity index is 1.72. The molecule has 29 heavy (non-hydrogen) atoms. The van der Waals surface area contributed by atoms with Crippen LogP contribution in [0, 0.1) is 6.92 Å². The third-order valence-electron chi connectivity index (χ3n) is 4.40. The van der Waals surface area contributed by atoms with Crippen LogP contribution >= 0.6 is 11.8 Å². The summed E-state index contributed by atoms with van der Waals surface area (Å²) < 4.78 is 1.65. The maximum absolute atomic E-state index is 12.8. The second-order valence-electron chi connectivity index (χ2n) is 6.55. The lowest BCUT2D eigenvalue weighted by molar-refractivity contribution is 0.102. The Labute approximate surface area is 173 Å². The van der Waals surface area contributed by atoms with E-state index in [4.69, 9.17) is 5.73 Å². The molecule has 144 valence electrons. The Hall–Kier alpha value is -3.51. The van der Waals surface area contributed by atoms with Crippen LogP contribution in [0.5, 0.6) is 0 Å². The van der Waals surface area contributed by atoms with Crippen LogP contribution in [0.2, 0.25) is 0 Å². The van der Waals surface area contributed by atoms with E-state index in [-0.39, 0.29) is 5.91 Å². The van der Waals surface area contributed by atoms with Crippen molar-refractivity contribution in [3.63, 3.8) is 0 Å². The first kappa shape index (κ1) is 18.8. The quantitative estimate of drug-likeness (QED) is 0.485. The minimum absolute atomic E-state index is 0.223. The summed E-state index contributed by atoms with van der Waals surface area (Å²) in [7, 11) is 0. The van der Waals surface area contributed by atoms with Gasteiger partial charge < -0.3 is 11.1 Å². The van der Waals surface area contributed by atoms with Crippen molar-refractivity contribution in [2.24, 2.45) is 0 Å². The highest BCUT2D eigenvalue weighted by Crippen LogP contribution is 2.37. The van der Waals surface area contributed by atoms with Crippen molar-refractivity contribution in [1.29, 1.82) is 0 Å². The second-order valence-corrected chi connectivity index (χ2v) is 7.61. The zero-order valence-electron chi connectivity index (χ0n) is 15.9. The van der Waals surface area contributed by atoms with E-state index in [9.17, 15) is 4.79 Å². The van der Waals surface area contributed by atoms with Crippen molar-refractivity contribution in [3.8, 4) is 5.69 Å². The molecule has 0 aliphatic carbocycles. The number of anilines is 2. The molecule has 0 saturated heterocycles. The molecular formula is C23H20N4OS. The molecule has 0 radical (unpaired) electrons. The van der Waals surface area contributed by atoms with Crippen LogP contribution in [0.3, 0.4) is 0 Å². The fraction of sp³-hybridized carbons (Fsp3) is 0.0435. The number of hydrogen-bond acceptors (Lipinski definition) is 4.